The third-order valence-corrected chi connectivity index (χ3v) is 8.36. The van der Waals surface area contributed by atoms with Crippen molar-refractivity contribution in [2.45, 2.75) is 57.8 Å². The van der Waals surface area contributed by atoms with Crippen LogP contribution < -0.4 is 4.90 Å². The van der Waals surface area contributed by atoms with E-state index in [9.17, 15) is 9.59 Å². The van der Waals surface area contributed by atoms with Gasteiger partial charge in [0, 0.05) is 25.3 Å². The van der Waals surface area contributed by atoms with E-state index in [1.807, 2.05) is 18.2 Å². The minimum Gasteiger partial charge on any atom is -0.481 e. The number of hydrogen-bond acceptors (Lipinski definition) is 5. The molecule has 2 aliphatic heterocycles. The van der Waals surface area contributed by atoms with Gasteiger partial charge in [0.05, 0.1) is 11.3 Å². The van der Waals surface area contributed by atoms with E-state index < -0.39 is 5.97 Å². The number of amides is 1. The number of rotatable bonds is 7. The van der Waals surface area contributed by atoms with Crippen molar-refractivity contribution in [3.8, 4) is 0 Å². The molecule has 0 aromatic heterocycles. The van der Waals surface area contributed by atoms with Gasteiger partial charge in [-0.2, -0.15) is 0 Å². The molecule has 3 fully saturated rings. The summed E-state index contributed by atoms with van der Waals surface area (Å²) in [7, 11) is 0. The molecule has 3 aliphatic rings. The third-order valence-electron chi connectivity index (χ3n) is 6.98. The molecule has 2 saturated heterocycles. The van der Waals surface area contributed by atoms with Crippen LogP contribution in [0.15, 0.2) is 29.2 Å². The van der Waals surface area contributed by atoms with Gasteiger partial charge in [0.15, 0.2) is 0 Å². The molecule has 172 valence electrons. The van der Waals surface area contributed by atoms with E-state index in [-0.39, 0.29) is 18.9 Å². The lowest BCUT2D eigenvalue weighted by molar-refractivity contribution is -0.137. The fourth-order valence-electron chi connectivity index (χ4n) is 5.15. The summed E-state index contributed by atoms with van der Waals surface area (Å²) < 4.78 is 0.426. The van der Waals surface area contributed by atoms with Gasteiger partial charge >= 0.3 is 5.97 Å². The van der Waals surface area contributed by atoms with Crippen molar-refractivity contribution in [3.63, 3.8) is 0 Å². The van der Waals surface area contributed by atoms with Crippen molar-refractivity contribution < 1.29 is 14.7 Å². The summed E-state index contributed by atoms with van der Waals surface area (Å²) in [5, 5.41) is 8.86. The molecule has 1 N–H and O–H groups in total. The maximum atomic E-state index is 12.6. The number of piperidine rings is 1. The quantitative estimate of drug-likeness (QED) is 0.415. The van der Waals surface area contributed by atoms with Gasteiger partial charge in [0.1, 0.15) is 4.32 Å². The fraction of sp³-hybridized carbons (Fsp3) is 0.560. The lowest BCUT2D eigenvalue weighted by atomic mass is 9.80. The molecule has 1 aromatic rings. The van der Waals surface area contributed by atoms with Crippen LogP contribution in [0.1, 0.15) is 63.4 Å². The normalized spacial score (nSPS) is 22.2. The lowest BCUT2D eigenvalue weighted by Crippen LogP contribution is -2.34. The predicted molar refractivity (Wildman–Crippen MR) is 135 cm³/mol. The minimum absolute atomic E-state index is 0.105. The molecular weight excluding hydrogens is 440 g/mol. The number of thiocarbonyl (C=S) groups is 1. The Morgan fingerprint density at radius 2 is 1.72 bits per heavy atom. The lowest BCUT2D eigenvalue weighted by Gasteiger charge is -2.35. The monoisotopic (exact) mass is 472 g/mol. The molecule has 5 nitrogen and oxygen atoms in total. The van der Waals surface area contributed by atoms with Crippen molar-refractivity contribution in [2.24, 2.45) is 11.8 Å². The Bertz CT molecular complexity index is 870. The average molecular weight is 473 g/mol. The van der Waals surface area contributed by atoms with Gasteiger partial charge in [-0.25, -0.2) is 0 Å². The van der Waals surface area contributed by atoms with E-state index in [4.69, 9.17) is 17.3 Å². The number of anilines is 1. The van der Waals surface area contributed by atoms with Crippen molar-refractivity contribution in [1.82, 2.24) is 4.90 Å². The van der Waals surface area contributed by atoms with E-state index in [1.54, 1.807) is 0 Å². The smallest absolute Gasteiger partial charge is 0.305 e. The molecule has 32 heavy (non-hydrogen) atoms. The van der Waals surface area contributed by atoms with E-state index >= 15 is 0 Å². The van der Waals surface area contributed by atoms with Crippen LogP contribution in [0.4, 0.5) is 5.69 Å². The standard InChI is InChI=1S/C25H32N2O3S2/c28-23(29)12-15-27-24(30)22(32-25(27)31)17-19-6-8-21(9-7-19)26-13-10-20(11-14-26)16-18-4-2-1-3-5-18/h6-9,17-18,20H,1-5,10-16H2,(H,28,29)/b22-17-. The highest BCUT2D eigenvalue weighted by atomic mass is 32.2. The number of aliphatic carboxylic acids is 1. The summed E-state index contributed by atoms with van der Waals surface area (Å²) in [6.45, 7) is 2.37. The van der Waals surface area contributed by atoms with Crippen LogP contribution in [0.25, 0.3) is 6.08 Å². The van der Waals surface area contributed by atoms with E-state index in [2.05, 4.69) is 17.0 Å². The molecule has 1 amide bonds. The molecule has 0 radical (unpaired) electrons. The highest BCUT2D eigenvalue weighted by molar-refractivity contribution is 8.26. The Labute approximate surface area is 200 Å². The van der Waals surface area contributed by atoms with E-state index in [1.165, 1.54) is 73.7 Å². The van der Waals surface area contributed by atoms with Gasteiger partial charge in [-0.1, -0.05) is 68.2 Å². The van der Waals surface area contributed by atoms with Crippen LogP contribution in [0, 0.1) is 11.8 Å². The molecule has 0 spiro atoms. The van der Waals surface area contributed by atoms with Crippen molar-refractivity contribution in [3.05, 3.63) is 34.7 Å². The fourth-order valence-corrected chi connectivity index (χ4v) is 6.46. The van der Waals surface area contributed by atoms with Crippen LogP contribution in [0.2, 0.25) is 0 Å². The van der Waals surface area contributed by atoms with E-state index in [0.717, 1.165) is 30.5 Å². The highest BCUT2D eigenvalue weighted by Gasteiger charge is 2.32. The molecule has 0 unspecified atom stereocenters. The molecule has 2 heterocycles. The number of carboxylic acid groups (broad SMARTS) is 1. The number of carboxylic acids is 1. The van der Waals surface area contributed by atoms with Gasteiger partial charge in [-0.3, -0.25) is 14.5 Å². The molecule has 1 aromatic carbocycles. The number of thioether (sulfide) groups is 1. The highest BCUT2D eigenvalue weighted by Crippen LogP contribution is 2.35. The first-order valence-electron chi connectivity index (χ1n) is 11.8. The van der Waals surface area contributed by atoms with Gasteiger partial charge in [-0.05, 0) is 54.9 Å². The maximum absolute atomic E-state index is 12.6. The first-order valence-corrected chi connectivity index (χ1v) is 13.0. The molecule has 1 aliphatic carbocycles. The summed E-state index contributed by atoms with van der Waals surface area (Å²) >= 11 is 6.50. The van der Waals surface area contributed by atoms with Crippen LogP contribution in [-0.4, -0.2) is 45.8 Å². The Kier molecular flexibility index (Phi) is 7.89. The first kappa shape index (κ1) is 23.3. The number of carbonyl (C=O) groups is 2. The Morgan fingerprint density at radius 3 is 2.38 bits per heavy atom. The van der Waals surface area contributed by atoms with Gasteiger partial charge in [-0.15, -0.1) is 0 Å². The Morgan fingerprint density at radius 1 is 1.06 bits per heavy atom. The topological polar surface area (TPSA) is 60.9 Å². The average Bonchev–Trinajstić information content (AvgIpc) is 3.06. The summed E-state index contributed by atoms with van der Waals surface area (Å²) in [5.41, 5.74) is 2.20. The second-order valence-corrected chi connectivity index (χ2v) is 10.9. The molecule has 4 rings (SSSR count). The largest absolute Gasteiger partial charge is 0.481 e. The zero-order valence-corrected chi connectivity index (χ0v) is 20.1. The Hall–Kier alpha value is -1.86. The van der Waals surface area contributed by atoms with Crippen LogP contribution in [0.5, 0.6) is 0 Å². The number of carbonyl (C=O) groups excluding carboxylic acids is 1. The van der Waals surface area contributed by atoms with E-state index in [0.29, 0.717) is 9.23 Å². The van der Waals surface area contributed by atoms with Gasteiger partial charge < -0.3 is 10.0 Å². The number of hydrogen-bond donors (Lipinski definition) is 1. The Balaban J connectivity index is 1.30. The number of benzene rings is 1. The summed E-state index contributed by atoms with van der Waals surface area (Å²) in [5.74, 6) is 0.718. The summed E-state index contributed by atoms with van der Waals surface area (Å²) in [4.78, 5) is 27.8. The maximum Gasteiger partial charge on any atom is 0.305 e. The van der Waals surface area contributed by atoms with Crippen LogP contribution in [0.3, 0.4) is 0 Å². The van der Waals surface area contributed by atoms with Crippen LogP contribution in [-0.2, 0) is 9.59 Å². The minimum atomic E-state index is -0.934. The first-order chi connectivity index (χ1) is 15.5. The molecule has 0 bridgehead atoms. The van der Waals surface area contributed by atoms with Crippen molar-refractivity contribution in [2.75, 3.05) is 24.5 Å². The van der Waals surface area contributed by atoms with Crippen LogP contribution >= 0.6 is 24.0 Å². The predicted octanol–water partition coefficient (Wildman–Crippen LogP) is 5.55. The van der Waals surface area contributed by atoms with Crippen molar-refractivity contribution in [1.29, 1.82) is 0 Å². The zero-order chi connectivity index (χ0) is 22.5. The molecular formula is C25H32N2O3S2. The SMILES string of the molecule is O=C(O)CCN1C(=O)/C(=C/c2ccc(N3CCC(CC4CCCCC4)CC3)cc2)SC1=S. The van der Waals surface area contributed by atoms with Gasteiger partial charge in [0.2, 0.25) is 0 Å². The second-order valence-electron chi connectivity index (χ2n) is 9.24. The summed E-state index contributed by atoms with van der Waals surface area (Å²) in [6, 6.07) is 8.37. The third kappa shape index (κ3) is 5.93. The molecule has 1 saturated carbocycles. The van der Waals surface area contributed by atoms with Crippen molar-refractivity contribution >= 4 is 51.9 Å². The zero-order valence-electron chi connectivity index (χ0n) is 18.5. The molecule has 7 heteroatoms. The van der Waals surface area contributed by atoms with Gasteiger partial charge in [0.25, 0.3) is 5.91 Å². The number of nitrogens with zero attached hydrogens (tertiary/aromatic N) is 2. The summed E-state index contributed by atoms with van der Waals surface area (Å²) in [6.07, 6.45) is 12.9. The second kappa shape index (κ2) is 10.8. The molecule has 0 atom stereocenters.